The first-order chi connectivity index (χ1) is 3.65. The molecule has 52 valence electrons. The van der Waals surface area contributed by atoms with Crippen molar-refractivity contribution in [3.8, 4) is 0 Å². The van der Waals surface area contributed by atoms with E-state index in [1.165, 1.54) is 12.8 Å². The van der Waals surface area contributed by atoms with E-state index in [0.29, 0.717) is 0 Å². The maximum atomic E-state index is 9.67. The maximum Gasteiger partial charge on any atom is 0.379 e. The average molecular weight is 128 g/mol. The van der Waals surface area contributed by atoms with Crippen LogP contribution in [0.15, 0.2) is 0 Å². The molecule has 8 heavy (non-hydrogen) atoms. The van der Waals surface area contributed by atoms with Gasteiger partial charge in [-0.15, -0.1) is 0 Å². The minimum Gasteiger partial charge on any atom is -0.174 e. The number of halogens is 3. The Morgan fingerprint density at radius 3 is 1.12 bits per heavy atom. The third-order valence-corrected chi connectivity index (χ3v) is 0.500. The summed E-state index contributed by atoms with van der Waals surface area (Å²) < 4.78 is 29.0. The van der Waals surface area contributed by atoms with E-state index in [2.05, 4.69) is 13.8 Å². The van der Waals surface area contributed by atoms with Crippen LogP contribution in [0.2, 0.25) is 0 Å². The minimum absolute atomic E-state index is 1.32. The molecule has 0 radical (unpaired) electrons. The molecule has 0 spiro atoms. The minimum atomic E-state index is -3.67. The number of alkyl halides is 3. The van der Waals surface area contributed by atoms with Crippen molar-refractivity contribution in [2.45, 2.75) is 33.4 Å². The fraction of sp³-hybridized carbons (Fsp3) is 1.00. The van der Waals surface area contributed by atoms with Crippen LogP contribution < -0.4 is 0 Å². The summed E-state index contributed by atoms with van der Waals surface area (Å²) in [6, 6.07) is 0. The topological polar surface area (TPSA) is 0 Å². The Labute approximate surface area is 47.7 Å². The van der Waals surface area contributed by atoms with Crippen LogP contribution >= 0.6 is 0 Å². The quantitative estimate of drug-likeness (QED) is 0.509. The molecule has 0 rings (SSSR count). The Balaban J connectivity index is 0. The lowest BCUT2D eigenvalue weighted by Crippen LogP contribution is -1.65. The molecule has 0 aliphatic rings. The summed E-state index contributed by atoms with van der Waals surface area (Å²) >= 11 is 0. The van der Waals surface area contributed by atoms with Gasteiger partial charge in [0, 0.05) is 0 Å². The van der Waals surface area contributed by atoms with Crippen LogP contribution in [-0.4, -0.2) is 6.68 Å². The summed E-state index contributed by atoms with van der Waals surface area (Å²) in [4.78, 5) is 0. The van der Waals surface area contributed by atoms with E-state index in [0.717, 1.165) is 0 Å². The van der Waals surface area contributed by atoms with Crippen LogP contribution in [0, 0.1) is 0 Å². The van der Waals surface area contributed by atoms with Gasteiger partial charge in [0.2, 0.25) is 0 Å². The third-order valence-electron chi connectivity index (χ3n) is 0.500. The third kappa shape index (κ3) is 213. The number of hydrogen-bond acceptors (Lipinski definition) is 0. The summed E-state index contributed by atoms with van der Waals surface area (Å²) in [6.07, 6.45) is 2.64. The van der Waals surface area contributed by atoms with E-state index in [4.69, 9.17) is 0 Å². The van der Waals surface area contributed by atoms with Crippen molar-refractivity contribution in [2.24, 2.45) is 0 Å². The molecule has 0 fully saturated rings. The molecular formula is C5H11F3. The summed E-state index contributed by atoms with van der Waals surface area (Å²) in [5.41, 5.74) is 0. The normalized spacial score (nSPS) is 8.25. The molecule has 0 saturated carbocycles. The molecule has 3 heteroatoms. The summed E-state index contributed by atoms with van der Waals surface area (Å²) in [5.74, 6) is 0. The largest absolute Gasteiger partial charge is 0.379 e. The van der Waals surface area contributed by atoms with Crippen LogP contribution in [0.5, 0.6) is 0 Å². The zero-order chi connectivity index (χ0) is 6.99. The highest BCUT2D eigenvalue weighted by Crippen LogP contribution is 1.87. The van der Waals surface area contributed by atoms with Crippen molar-refractivity contribution < 1.29 is 13.2 Å². The molecule has 0 unspecified atom stereocenters. The van der Waals surface area contributed by atoms with Crippen LogP contribution in [0.4, 0.5) is 13.2 Å². The highest BCUT2D eigenvalue weighted by molar-refractivity contribution is 4.12. The van der Waals surface area contributed by atoms with Gasteiger partial charge in [-0.1, -0.05) is 26.7 Å². The predicted octanol–water partition coefficient (Wildman–Crippen LogP) is 2.98. The molecule has 0 atom stereocenters. The average Bonchev–Trinajstić information content (AvgIpc) is 1.65. The molecule has 0 amide bonds. The van der Waals surface area contributed by atoms with Gasteiger partial charge >= 0.3 is 6.68 Å². The van der Waals surface area contributed by atoms with Gasteiger partial charge in [-0.3, -0.25) is 0 Å². The molecule has 0 aliphatic carbocycles. The van der Waals surface area contributed by atoms with E-state index >= 15 is 0 Å². The van der Waals surface area contributed by atoms with E-state index in [9.17, 15) is 13.2 Å². The monoisotopic (exact) mass is 128 g/mol. The highest BCUT2D eigenvalue weighted by Gasteiger charge is 1.86. The predicted molar refractivity (Wildman–Crippen MR) is 27.7 cm³/mol. The van der Waals surface area contributed by atoms with Gasteiger partial charge in [0.05, 0.1) is 0 Å². The molecular weight excluding hydrogens is 117 g/mol. The Morgan fingerprint density at radius 2 is 1.12 bits per heavy atom. The first kappa shape index (κ1) is 10.7. The second-order valence-electron chi connectivity index (χ2n) is 1.25. The van der Waals surface area contributed by atoms with E-state index in [-0.39, 0.29) is 0 Å². The molecule has 0 saturated heterocycles. The SMILES string of the molecule is CCCC.FC(F)F. The smallest absolute Gasteiger partial charge is 0.174 e. The zero-order valence-electron chi connectivity index (χ0n) is 5.13. The summed E-state index contributed by atoms with van der Waals surface area (Å²) in [6.45, 7) is 0.694. The Kier molecular flexibility index (Phi) is 13.3. The van der Waals surface area contributed by atoms with Gasteiger partial charge in [0.1, 0.15) is 0 Å². The van der Waals surface area contributed by atoms with Crippen LogP contribution in [0.3, 0.4) is 0 Å². The molecule has 0 aromatic heterocycles. The molecule has 0 aromatic carbocycles. The molecule has 0 aromatic rings. The van der Waals surface area contributed by atoms with Crippen molar-refractivity contribution in [3.05, 3.63) is 0 Å². The van der Waals surface area contributed by atoms with Gasteiger partial charge in [-0.25, -0.2) is 0 Å². The molecule has 0 heterocycles. The fourth-order valence-corrected chi connectivity index (χ4v) is 0. The number of hydrogen-bond donors (Lipinski definition) is 0. The first-order valence-corrected chi connectivity index (χ1v) is 2.57. The molecule has 0 bridgehead atoms. The summed E-state index contributed by atoms with van der Waals surface area (Å²) in [7, 11) is 0. The van der Waals surface area contributed by atoms with Gasteiger partial charge in [-0.05, 0) is 0 Å². The standard InChI is InChI=1S/C4H10.CHF3/c1-3-4-2;2-1(3)4/h3-4H2,1-2H3;1H. The van der Waals surface area contributed by atoms with Gasteiger partial charge in [-0.2, -0.15) is 13.2 Å². The zero-order valence-corrected chi connectivity index (χ0v) is 5.13. The Bertz CT molecular complexity index is 24.1. The van der Waals surface area contributed by atoms with Crippen molar-refractivity contribution in [1.82, 2.24) is 0 Å². The second-order valence-corrected chi connectivity index (χ2v) is 1.25. The van der Waals surface area contributed by atoms with Crippen molar-refractivity contribution in [1.29, 1.82) is 0 Å². The number of unbranched alkanes of at least 4 members (excludes halogenated alkanes) is 1. The lowest BCUT2D eigenvalue weighted by atomic mass is 10.4. The first-order valence-electron chi connectivity index (χ1n) is 2.57. The summed E-state index contributed by atoms with van der Waals surface area (Å²) in [5, 5.41) is 0. The maximum absolute atomic E-state index is 9.67. The van der Waals surface area contributed by atoms with Gasteiger partial charge in [0.15, 0.2) is 0 Å². The lowest BCUT2D eigenvalue weighted by Gasteiger charge is -1.68. The van der Waals surface area contributed by atoms with Crippen LogP contribution in [0.25, 0.3) is 0 Å². The van der Waals surface area contributed by atoms with Gasteiger partial charge < -0.3 is 0 Å². The molecule has 0 N–H and O–H groups in total. The van der Waals surface area contributed by atoms with Crippen LogP contribution in [-0.2, 0) is 0 Å². The van der Waals surface area contributed by atoms with Gasteiger partial charge in [0.25, 0.3) is 0 Å². The lowest BCUT2D eigenvalue weighted by molar-refractivity contribution is 0.00819. The highest BCUT2D eigenvalue weighted by atomic mass is 19.4. The fourth-order valence-electron chi connectivity index (χ4n) is 0. The van der Waals surface area contributed by atoms with Crippen molar-refractivity contribution >= 4 is 0 Å². The molecule has 0 nitrogen and oxygen atoms in total. The molecule has 0 aliphatic heterocycles. The van der Waals surface area contributed by atoms with Crippen molar-refractivity contribution in [2.75, 3.05) is 0 Å². The Morgan fingerprint density at radius 1 is 1.00 bits per heavy atom. The van der Waals surface area contributed by atoms with E-state index in [1.807, 2.05) is 0 Å². The van der Waals surface area contributed by atoms with Crippen molar-refractivity contribution in [3.63, 3.8) is 0 Å². The van der Waals surface area contributed by atoms with E-state index in [1.54, 1.807) is 0 Å². The van der Waals surface area contributed by atoms with Crippen LogP contribution in [0.1, 0.15) is 26.7 Å². The number of rotatable bonds is 1. The van der Waals surface area contributed by atoms with E-state index < -0.39 is 6.68 Å². The Hall–Kier alpha value is -0.210. The second kappa shape index (κ2) is 9.92.